The largest absolute Gasteiger partial charge is 0.497 e. The summed E-state index contributed by atoms with van der Waals surface area (Å²) >= 11 is 0. The predicted octanol–water partition coefficient (Wildman–Crippen LogP) is 9.61. The first kappa shape index (κ1) is 28.1. The number of methoxy groups -OCH3 is 1. The maximum Gasteiger partial charge on any atom is 0.422 e. The van der Waals surface area contributed by atoms with E-state index in [1.165, 1.54) is 19.2 Å². The van der Waals surface area contributed by atoms with Gasteiger partial charge in [0.2, 0.25) is 0 Å². The average molecular weight is 590 g/mol. The Labute approximate surface area is 221 Å². The molecular weight excluding hydrogens is 580 g/mol. The first-order valence-electron chi connectivity index (χ1n) is 11.2. The van der Waals surface area contributed by atoms with E-state index in [4.69, 9.17) is 4.74 Å². The standard InChI is InChI=1S/C28H10F12O/c1-41-10-7-5-9(6-8-10)13-14-11(3-2-4-12(14)29)15(17-16(13)20(30)26(36)27(37)21(17)31)18-22(32)24(34)19(28(38,39)40)25(35)23(18)33/h2-8H,1H3. The molecule has 212 valence electrons. The van der Waals surface area contributed by atoms with Gasteiger partial charge in [0.15, 0.2) is 46.5 Å². The van der Waals surface area contributed by atoms with Gasteiger partial charge in [0.05, 0.1) is 12.7 Å². The molecule has 5 aromatic carbocycles. The van der Waals surface area contributed by atoms with Crippen molar-refractivity contribution in [1.82, 2.24) is 0 Å². The van der Waals surface area contributed by atoms with Gasteiger partial charge in [0.1, 0.15) is 17.1 Å². The molecule has 0 fully saturated rings. The third kappa shape index (κ3) is 4.05. The summed E-state index contributed by atoms with van der Waals surface area (Å²) in [5.41, 5.74) is -7.35. The van der Waals surface area contributed by atoms with Crippen LogP contribution in [0.15, 0.2) is 42.5 Å². The van der Waals surface area contributed by atoms with Gasteiger partial charge in [-0.05, 0) is 29.1 Å². The second kappa shape index (κ2) is 9.60. The summed E-state index contributed by atoms with van der Waals surface area (Å²) in [6.07, 6.45) is -5.95. The van der Waals surface area contributed by atoms with Crippen molar-refractivity contribution in [2.75, 3.05) is 7.11 Å². The molecule has 0 radical (unpaired) electrons. The fourth-order valence-corrected chi connectivity index (χ4v) is 4.75. The lowest BCUT2D eigenvalue weighted by Crippen LogP contribution is -2.16. The van der Waals surface area contributed by atoms with Crippen LogP contribution in [-0.2, 0) is 6.18 Å². The summed E-state index contributed by atoms with van der Waals surface area (Å²) < 4.78 is 180. The predicted molar refractivity (Wildman–Crippen MR) is 124 cm³/mol. The van der Waals surface area contributed by atoms with E-state index in [-0.39, 0.29) is 11.3 Å². The smallest absolute Gasteiger partial charge is 0.422 e. The molecule has 0 atom stereocenters. The summed E-state index contributed by atoms with van der Waals surface area (Å²) in [7, 11) is 1.27. The molecule has 0 bridgehead atoms. The van der Waals surface area contributed by atoms with Gasteiger partial charge >= 0.3 is 6.18 Å². The monoisotopic (exact) mass is 590 g/mol. The number of ether oxygens (including phenoxy) is 1. The van der Waals surface area contributed by atoms with E-state index in [0.29, 0.717) is 0 Å². The number of fused-ring (bicyclic) bond motifs is 2. The van der Waals surface area contributed by atoms with Gasteiger partial charge in [-0.15, -0.1) is 0 Å². The summed E-state index contributed by atoms with van der Waals surface area (Å²) in [5, 5.41) is -4.49. The highest BCUT2D eigenvalue weighted by atomic mass is 19.4. The molecule has 1 nitrogen and oxygen atoms in total. The Morgan fingerprint density at radius 3 is 1.51 bits per heavy atom. The number of halogens is 12. The topological polar surface area (TPSA) is 9.23 Å². The molecule has 5 aromatic rings. The van der Waals surface area contributed by atoms with E-state index in [1.807, 2.05) is 0 Å². The van der Waals surface area contributed by atoms with Crippen molar-refractivity contribution < 1.29 is 57.4 Å². The molecule has 0 aliphatic carbocycles. The number of hydrogen-bond donors (Lipinski definition) is 0. The van der Waals surface area contributed by atoms with Crippen LogP contribution in [0.5, 0.6) is 5.75 Å². The third-order valence-electron chi connectivity index (χ3n) is 6.48. The van der Waals surface area contributed by atoms with E-state index in [2.05, 4.69) is 0 Å². The van der Waals surface area contributed by atoms with Crippen molar-refractivity contribution in [2.45, 2.75) is 6.18 Å². The highest BCUT2D eigenvalue weighted by Gasteiger charge is 2.43. The summed E-state index contributed by atoms with van der Waals surface area (Å²) in [5.74, 6) is -22.0. The summed E-state index contributed by atoms with van der Waals surface area (Å²) in [4.78, 5) is 0. The lowest BCUT2D eigenvalue weighted by atomic mass is 9.84. The van der Waals surface area contributed by atoms with Gasteiger partial charge in [-0.25, -0.2) is 39.5 Å². The van der Waals surface area contributed by atoms with Crippen molar-refractivity contribution in [3.05, 3.63) is 100 Å². The zero-order valence-corrected chi connectivity index (χ0v) is 20.0. The number of alkyl halides is 3. The van der Waals surface area contributed by atoms with E-state index >= 15 is 22.0 Å². The van der Waals surface area contributed by atoms with E-state index in [0.717, 1.165) is 30.3 Å². The zero-order valence-electron chi connectivity index (χ0n) is 20.0. The van der Waals surface area contributed by atoms with Crippen LogP contribution in [0.4, 0.5) is 52.7 Å². The van der Waals surface area contributed by atoms with E-state index in [9.17, 15) is 30.7 Å². The van der Waals surface area contributed by atoms with Crippen LogP contribution in [0.1, 0.15) is 5.56 Å². The molecule has 0 saturated carbocycles. The van der Waals surface area contributed by atoms with Crippen LogP contribution in [-0.4, -0.2) is 7.11 Å². The molecule has 0 saturated heterocycles. The second-order valence-corrected chi connectivity index (χ2v) is 8.65. The Morgan fingerprint density at radius 1 is 0.512 bits per heavy atom. The fourth-order valence-electron chi connectivity index (χ4n) is 4.75. The average Bonchev–Trinajstić information content (AvgIpc) is 2.93. The molecular formula is C28H10F12O. The minimum atomic E-state index is -5.95. The van der Waals surface area contributed by atoms with Crippen LogP contribution in [0.3, 0.4) is 0 Å². The molecule has 0 aliphatic heterocycles. The molecule has 0 unspecified atom stereocenters. The Bertz CT molecular complexity index is 1860. The number of benzene rings is 5. The molecule has 0 amide bonds. The Kier molecular flexibility index (Phi) is 6.58. The maximum absolute atomic E-state index is 15.5. The van der Waals surface area contributed by atoms with Gasteiger partial charge in [-0.3, -0.25) is 0 Å². The van der Waals surface area contributed by atoms with Gasteiger partial charge in [0, 0.05) is 27.3 Å². The molecule has 41 heavy (non-hydrogen) atoms. The van der Waals surface area contributed by atoms with Crippen LogP contribution in [0.2, 0.25) is 0 Å². The van der Waals surface area contributed by atoms with Crippen LogP contribution >= 0.6 is 0 Å². The SMILES string of the molecule is COc1ccc(-c2c3c(F)cccc3c(-c3c(F)c(F)c(C(F)(F)F)c(F)c3F)c3c(F)c(F)c(F)c(F)c23)cc1. The molecule has 0 aliphatic rings. The molecule has 13 heteroatoms. The molecule has 0 heterocycles. The van der Waals surface area contributed by atoms with Crippen molar-refractivity contribution in [1.29, 1.82) is 0 Å². The van der Waals surface area contributed by atoms with Crippen LogP contribution < -0.4 is 4.74 Å². The summed E-state index contributed by atoms with van der Waals surface area (Å²) in [6, 6.07) is 7.26. The first-order valence-corrected chi connectivity index (χ1v) is 11.2. The molecule has 5 rings (SSSR count). The summed E-state index contributed by atoms with van der Waals surface area (Å²) in [6.45, 7) is 0. The van der Waals surface area contributed by atoms with Gasteiger partial charge in [0.25, 0.3) is 0 Å². The van der Waals surface area contributed by atoms with Crippen LogP contribution in [0.25, 0.3) is 43.8 Å². The highest BCUT2D eigenvalue weighted by Crippen LogP contribution is 2.50. The van der Waals surface area contributed by atoms with E-state index in [1.54, 1.807) is 0 Å². The Hall–Kier alpha value is -4.42. The minimum Gasteiger partial charge on any atom is -0.497 e. The van der Waals surface area contributed by atoms with E-state index < -0.39 is 102 Å². The number of hydrogen-bond acceptors (Lipinski definition) is 1. The van der Waals surface area contributed by atoms with Crippen molar-refractivity contribution in [3.63, 3.8) is 0 Å². The molecule has 0 spiro atoms. The Balaban J connectivity index is 2.13. The fraction of sp³-hybridized carbons (Fsp3) is 0.0714. The van der Waals surface area contributed by atoms with Gasteiger partial charge in [-0.1, -0.05) is 24.3 Å². The third-order valence-corrected chi connectivity index (χ3v) is 6.48. The second-order valence-electron chi connectivity index (χ2n) is 8.65. The zero-order chi connectivity index (χ0) is 30.1. The van der Waals surface area contributed by atoms with Crippen LogP contribution in [0, 0.1) is 52.4 Å². The Morgan fingerprint density at radius 2 is 1.02 bits per heavy atom. The number of rotatable bonds is 3. The minimum absolute atomic E-state index is 0.188. The van der Waals surface area contributed by atoms with Crippen molar-refractivity contribution in [3.8, 4) is 28.0 Å². The molecule has 0 aromatic heterocycles. The highest BCUT2D eigenvalue weighted by molar-refractivity contribution is 6.22. The van der Waals surface area contributed by atoms with Crippen molar-refractivity contribution in [2.24, 2.45) is 0 Å². The normalized spacial score (nSPS) is 12.0. The lowest BCUT2D eigenvalue weighted by molar-refractivity contribution is -0.143. The maximum atomic E-state index is 15.5. The van der Waals surface area contributed by atoms with Gasteiger partial charge in [-0.2, -0.15) is 13.2 Å². The van der Waals surface area contributed by atoms with Crippen molar-refractivity contribution >= 4 is 21.5 Å². The molecule has 0 N–H and O–H groups in total. The van der Waals surface area contributed by atoms with Gasteiger partial charge < -0.3 is 4.74 Å². The first-order chi connectivity index (χ1) is 19.2. The quantitative estimate of drug-likeness (QED) is 0.0880. The lowest BCUT2D eigenvalue weighted by Gasteiger charge is -2.21.